The topological polar surface area (TPSA) is 41.1 Å². The predicted octanol–water partition coefficient (Wildman–Crippen LogP) is 4.26. The lowest BCUT2D eigenvalue weighted by molar-refractivity contribution is 0.0254. The average Bonchev–Trinajstić information content (AvgIpc) is 2.65. The number of halogens is 1. The second kappa shape index (κ2) is 7.53. The highest BCUT2D eigenvalue weighted by atomic mass is 35.5. The van der Waals surface area contributed by atoms with Crippen LogP contribution in [-0.4, -0.2) is 30.1 Å². The van der Waals surface area contributed by atoms with Crippen LogP contribution in [0.3, 0.4) is 0 Å². The first-order valence-electron chi connectivity index (χ1n) is 9.60. The minimum absolute atomic E-state index is 0.537. The van der Waals surface area contributed by atoms with Gasteiger partial charge in [-0.1, -0.05) is 36.6 Å². The summed E-state index contributed by atoms with van der Waals surface area (Å²) in [6.45, 7) is 0.825. The van der Waals surface area contributed by atoms with Crippen molar-refractivity contribution in [1.82, 2.24) is 15.3 Å². The number of benzene rings is 1. The van der Waals surface area contributed by atoms with Crippen LogP contribution >= 0.6 is 11.6 Å². The Bertz CT molecular complexity index is 729. The van der Waals surface area contributed by atoms with E-state index < -0.39 is 0 Å². The SMILES string of the molecule is CN(C)c1ncc(CN[C@H]2[C@H]3CCCC[C@@H]3[C@@H]2c2ccc(Cl)cc2)cn1. The number of nitrogens with zero attached hydrogens (tertiary/aromatic N) is 3. The molecule has 1 N–H and O–H groups in total. The molecule has 2 aliphatic rings. The fourth-order valence-electron chi connectivity index (χ4n) is 4.79. The van der Waals surface area contributed by atoms with Crippen molar-refractivity contribution in [3.8, 4) is 0 Å². The Labute approximate surface area is 161 Å². The van der Waals surface area contributed by atoms with Gasteiger partial charge in [-0.3, -0.25) is 0 Å². The summed E-state index contributed by atoms with van der Waals surface area (Å²) in [5.41, 5.74) is 2.57. The molecule has 26 heavy (non-hydrogen) atoms. The van der Waals surface area contributed by atoms with E-state index >= 15 is 0 Å². The maximum atomic E-state index is 6.09. The molecule has 4 atom stereocenters. The summed E-state index contributed by atoms with van der Waals surface area (Å²) in [6, 6.07) is 9.01. The van der Waals surface area contributed by atoms with Crippen LogP contribution in [-0.2, 0) is 6.54 Å². The Morgan fingerprint density at radius 2 is 1.69 bits per heavy atom. The van der Waals surface area contributed by atoms with Crippen molar-refractivity contribution in [2.75, 3.05) is 19.0 Å². The van der Waals surface area contributed by atoms with Crippen molar-refractivity contribution in [1.29, 1.82) is 0 Å². The normalized spacial score (nSPS) is 27.5. The molecule has 0 amide bonds. The van der Waals surface area contributed by atoms with Gasteiger partial charge < -0.3 is 10.2 Å². The monoisotopic (exact) mass is 370 g/mol. The smallest absolute Gasteiger partial charge is 0.224 e. The summed E-state index contributed by atoms with van der Waals surface area (Å²) in [7, 11) is 3.92. The highest BCUT2D eigenvalue weighted by molar-refractivity contribution is 6.30. The number of anilines is 1. The van der Waals surface area contributed by atoms with Crippen molar-refractivity contribution in [3.63, 3.8) is 0 Å². The molecule has 0 aliphatic heterocycles. The highest BCUT2D eigenvalue weighted by Gasteiger charge is 2.50. The Balaban J connectivity index is 1.46. The van der Waals surface area contributed by atoms with E-state index in [4.69, 9.17) is 11.6 Å². The second-order valence-corrected chi connectivity index (χ2v) is 8.32. The summed E-state index contributed by atoms with van der Waals surface area (Å²) >= 11 is 6.09. The largest absolute Gasteiger partial charge is 0.347 e. The van der Waals surface area contributed by atoms with Crippen LogP contribution in [0.5, 0.6) is 0 Å². The molecule has 1 aromatic heterocycles. The van der Waals surface area contributed by atoms with E-state index in [1.807, 2.05) is 43.5 Å². The molecule has 1 aromatic carbocycles. The van der Waals surface area contributed by atoms with E-state index in [9.17, 15) is 0 Å². The van der Waals surface area contributed by atoms with Gasteiger partial charge in [0.05, 0.1) is 0 Å². The lowest BCUT2D eigenvalue weighted by Crippen LogP contribution is -2.57. The van der Waals surface area contributed by atoms with Crippen molar-refractivity contribution < 1.29 is 0 Å². The molecule has 2 fully saturated rings. The third-order valence-electron chi connectivity index (χ3n) is 6.07. The van der Waals surface area contributed by atoms with E-state index in [0.717, 1.165) is 34.9 Å². The second-order valence-electron chi connectivity index (χ2n) is 7.88. The quantitative estimate of drug-likeness (QED) is 0.853. The fraction of sp³-hybridized carbons (Fsp3) is 0.524. The number of nitrogens with one attached hydrogen (secondary N) is 1. The standard InChI is InChI=1S/C21H27ClN4/c1-26(2)21-24-12-14(13-25-21)11-23-20-18-6-4-3-5-17(18)19(20)15-7-9-16(22)10-8-15/h7-10,12-13,17-20,23H,3-6,11H2,1-2H3/t17-,18-,19-,20-/m0/s1. The van der Waals surface area contributed by atoms with Crippen LogP contribution in [0.4, 0.5) is 5.95 Å². The zero-order valence-electron chi connectivity index (χ0n) is 15.5. The van der Waals surface area contributed by atoms with E-state index in [1.165, 1.54) is 31.2 Å². The number of aromatic nitrogens is 2. The van der Waals surface area contributed by atoms with Gasteiger partial charge in [0.2, 0.25) is 5.95 Å². The molecule has 2 saturated carbocycles. The van der Waals surface area contributed by atoms with Gasteiger partial charge in [-0.25, -0.2) is 9.97 Å². The third-order valence-corrected chi connectivity index (χ3v) is 6.32. The Morgan fingerprint density at radius 1 is 1.04 bits per heavy atom. The molecule has 0 bridgehead atoms. The van der Waals surface area contributed by atoms with Crippen molar-refractivity contribution >= 4 is 17.5 Å². The predicted molar refractivity (Wildman–Crippen MR) is 107 cm³/mol. The van der Waals surface area contributed by atoms with Crippen LogP contribution in [0.25, 0.3) is 0 Å². The molecule has 0 radical (unpaired) electrons. The minimum atomic E-state index is 0.537. The molecule has 5 heteroatoms. The van der Waals surface area contributed by atoms with Gasteiger partial charge in [-0.2, -0.15) is 0 Å². The number of hydrogen-bond donors (Lipinski definition) is 1. The van der Waals surface area contributed by atoms with Crippen LogP contribution in [0.2, 0.25) is 5.02 Å². The maximum absolute atomic E-state index is 6.09. The van der Waals surface area contributed by atoms with Crippen molar-refractivity contribution in [2.24, 2.45) is 11.8 Å². The third kappa shape index (κ3) is 3.45. The Morgan fingerprint density at radius 3 is 2.35 bits per heavy atom. The van der Waals surface area contributed by atoms with Crippen LogP contribution < -0.4 is 10.2 Å². The molecule has 0 spiro atoms. The first kappa shape index (κ1) is 17.7. The molecule has 4 nitrogen and oxygen atoms in total. The Kier molecular flexibility index (Phi) is 5.14. The lowest BCUT2D eigenvalue weighted by Gasteiger charge is -2.55. The van der Waals surface area contributed by atoms with Crippen LogP contribution in [0.15, 0.2) is 36.7 Å². The van der Waals surface area contributed by atoms with Gasteiger partial charge in [-0.15, -0.1) is 0 Å². The Hall–Kier alpha value is -1.65. The van der Waals surface area contributed by atoms with Gasteiger partial charge in [0.15, 0.2) is 0 Å². The minimum Gasteiger partial charge on any atom is -0.347 e. The fourth-order valence-corrected chi connectivity index (χ4v) is 4.92. The number of rotatable bonds is 5. The first-order chi connectivity index (χ1) is 12.6. The van der Waals surface area contributed by atoms with E-state index in [1.54, 1.807) is 0 Å². The molecule has 0 saturated heterocycles. The summed E-state index contributed by atoms with van der Waals surface area (Å²) < 4.78 is 0. The zero-order valence-corrected chi connectivity index (χ0v) is 16.3. The zero-order chi connectivity index (χ0) is 18.1. The number of fused-ring (bicyclic) bond motifs is 1. The molecule has 2 aromatic rings. The molecule has 2 aliphatic carbocycles. The molecule has 0 unspecified atom stereocenters. The average molecular weight is 371 g/mol. The van der Waals surface area contributed by atoms with Crippen molar-refractivity contribution in [3.05, 3.63) is 52.8 Å². The van der Waals surface area contributed by atoms with Crippen LogP contribution in [0.1, 0.15) is 42.7 Å². The van der Waals surface area contributed by atoms with Gasteiger partial charge >= 0.3 is 0 Å². The van der Waals surface area contributed by atoms with Gasteiger partial charge in [0.25, 0.3) is 0 Å². The molecular formula is C21H27ClN4. The summed E-state index contributed by atoms with van der Waals surface area (Å²) in [5, 5.41) is 4.64. The molecule has 138 valence electrons. The maximum Gasteiger partial charge on any atom is 0.224 e. The van der Waals surface area contributed by atoms with Crippen LogP contribution in [0, 0.1) is 11.8 Å². The molecule has 4 rings (SSSR count). The lowest BCUT2D eigenvalue weighted by atomic mass is 9.53. The summed E-state index contributed by atoms with van der Waals surface area (Å²) in [6.07, 6.45) is 9.32. The summed E-state index contributed by atoms with van der Waals surface area (Å²) in [4.78, 5) is 10.8. The van der Waals surface area contributed by atoms with E-state index in [2.05, 4.69) is 27.4 Å². The molecule has 1 heterocycles. The summed E-state index contributed by atoms with van der Waals surface area (Å²) in [5.74, 6) is 2.96. The first-order valence-corrected chi connectivity index (χ1v) is 9.98. The highest BCUT2D eigenvalue weighted by Crippen LogP contribution is 2.54. The van der Waals surface area contributed by atoms with Crippen molar-refractivity contribution in [2.45, 2.75) is 44.2 Å². The van der Waals surface area contributed by atoms with E-state index in [0.29, 0.717) is 12.0 Å². The molecular weight excluding hydrogens is 344 g/mol. The van der Waals surface area contributed by atoms with E-state index in [-0.39, 0.29) is 0 Å². The number of hydrogen-bond acceptors (Lipinski definition) is 4. The van der Waals surface area contributed by atoms with Gasteiger partial charge in [0.1, 0.15) is 0 Å². The van der Waals surface area contributed by atoms with Gasteiger partial charge in [-0.05, 0) is 42.4 Å². The van der Waals surface area contributed by atoms with Gasteiger partial charge in [0, 0.05) is 55.6 Å².